The van der Waals surface area contributed by atoms with E-state index in [2.05, 4.69) is 33.5 Å². The molecule has 0 rings (SSSR count). The molecule has 0 atom stereocenters. The fraction of sp³-hybridized carbons (Fsp3) is 1.00. The van der Waals surface area contributed by atoms with E-state index in [0.717, 1.165) is 5.92 Å². The normalized spacial score (nSPS) is 10.2. The van der Waals surface area contributed by atoms with Crippen molar-refractivity contribution in [3.8, 4) is 0 Å². The van der Waals surface area contributed by atoms with Crippen LogP contribution in [0.1, 0.15) is 28.7 Å². The zero-order valence-corrected chi connectivity index (χ0v) is 7.78. The van der Waals surface area contributed by atoms with Crippen LogP contribution >= 0.6 is 0 Å². The third-order valence-corrected chi connectivity index (χ3v) is 3.06. The Kier molecular flexibility index (Phi) is 9.93. The lowest BCUT2D eigenvalue weighted by Crippen LogP contribution is -2.21. The zero-order chi connectivity index (χ0) is 6.78. The Balaban J connectivity index is -0.000000245. The molecule has 0 saturated heterocycles. The minimum atomic E-state index is -0.720. The Morgan fingerprint density at radius 1 is 1.00 bits per heavy atom. The van der Waals surface area contributed by atoms with E-state index in [1.807, 2.05) is 0 Å². The largest absolute Gasteiger partial charge is 0.0776 e. The first kappa shape index (κ1) is 16.7. The summed E-state index contributed by atoms with van der Waals surface area (Å²) in [5, 5.41) is 0. The minimum absolute atomic E-state index is 0. The third-order valence-electron chi connectivity index (χ3n) is 1.02. The molecule has 0 heterocycles. The highest BCUT2D eigenvalue weighted by atomic mass is 28.3. The predicted molar refractivity (Wildman–Crippen MR) is 56.5 cm³/mol. The lowest BCUT2D eigenvalue weighted by atomic mass is 10.3. The van der Waals surface area contributed by atoms with Gasteiger partial charge in [0.1, 0.15) is 0 Å². The maximum atomic E-state index is 2.42. The maximum absolute atomic E-state index is 2.42. The molecular formula is C9H26Si. The average molecular weight is 162 g/mol. The van der Waals surface area contributed by atoms with Crippen molar-refractivity contribution in [2.24, 2.45) is 5.92 Å². The molecule has 1 heteroatoms. The van der Waals surface area contributed by atoms with Gasteiger partial charge in [-0.15, -0.1) is 0 Å². The van der Waals surface area contributed by atoms with Gasteiger partial charge in [0.05, 0.1) is 0 Å². The van der Waals surface area contributed by atoms with Gasteiger partial charge < -0.3 is 0 Å². The van der Waals surface area contributed by atoms with Crippen molar-refractivity contribution in [1.82, 2.24) is 0 Å². The van der Waals surface area contributed by atoms with E-state index in [0.29, 0.717) is 0 Å². The van der Waals surface area contributed by atoms with Gasteiger partial charge in [-0.05, 0) is 5.92 Å². The number of hydrogen-bond acceptors (Lipinski definition) is 0. The Morgan fingerprint density at radius 3 is 1.30 bits per heavy atom. The van der Waals surface area contributed by atoms with Crippen LogP contribution in [0.15, 0.2) is 0 Å². The molecule has 0 N–H and O–H groups in total. The average Bonchev–Trinajstić information content (AvgIpc) is 1.21. The Hall–Kier alpha value is 0.217. The predicted octanol–water partition coefficient (Wildman–Crippen LogP) is 4.25. The summed E-state index contributed by atoms with van der Waals surface area (Å²) >= 11 is 0. The van der Waals surface area contributed by atoms with Crippen molar-refractivity contribution in [3.63, 3.8) is 0 Å². The second kappa shape index (κ2) is 5.96. The summed E-state index contributed by atoms with van der Waals surface area (Å²) in [7, 11) is -0.720. The first-order chi connectivity index (χ1) is 3.42. The first-order valence-electron chi connectivity index (χ1n) is 3.42. The second-order valence-electron chi connectivity index (χ2n) is 4.16. The molecule has 0 amide bonds. The first-order valence-corrected chi connectivity index (χ1v) is 7.12. The summed E-state index contributed by atoms with van der Waals surface area (Å²) in [6, 6.07) is 1.47. The van der Waals surface area contributed by atoms with Crippen LogP contribution in [0.4, 0.5) is 0 Å². The molecule has 0 aliphatic heterocycles. The van der Waals surface area contributed by atoms with E-state index in [4.69, 9.17) is 0 Å². The van der Waals surface area contributed by atoms with Crippen molar-refractivity contribution in [3.05, 3.63) is 0 Å². The highest BCUT2D eigenvalue weighted by molar-refractivity contribution is 6.76. The standard InChI is InChI=1S/C7H18Si.2CH4/c1-7(2)6-8(3,4)5;;/h7H,6H2,1-5H3;2*1H4. The van der Waals surface area contributed by atoms with Gasteiger partial charge >= 0.3 is 0 Å². The molecule has 0 radical (unpaired) electrons. The van der Waals surface area contributed by atoms with Gasteiger partial charge in [0.25, 0.3) is 0 Å². The van der Waals surface area contributed by atoms with Crippen LogP contribution < -0.4 is 0 Å². The van der Waals surface area contributed by atoms with Gasteiger partial charge in [-0.1, -0.05) is 54.4 Å². The monoisotopic (exact) mass is 162 g/mol. The Labute approximate surface area is 69.1 Å². The molecule has 66 valence electrons. The van der Waals surface area contributed by atoms with Crippen LogP contribution in [-0.2, 0) is 0 Å². The summed E-state index contributed by atoms with van der Waals surface area (Å²) in [5.74, 6) is 0.904. The lowest BCUT2D eigenvalue weighted by Gasteiger charge is -2.17. The van der Waals surface area contributed by atoms with Crippen molar-refractivity contribution >= 4 is 8.07 Å². The highest BCUT2D eigenvalue weighted by Crippen LogP contribution is 2.14. The van der Waals surface area contributed by atoms with Gasteiger partial charge in [-0.25, -0.2) is 0 Å². The molecule has 10 heavy (non-hydrogen) atoms. The van der Waals surface area contributed by atoms with Gasteiger partial charge in [0, 0.05) is 8.07 Å². The lowest BCUT2D eigenvalue weighted by molar-refractivity contribution is 0.721. The Bertz CT molecular complexity index is 59.6. The number of rotatable bonds is 2. The molecule has 0 unspecified atom stereocenters. The molecule has 0 aliphatic rings. The molecule has 0 spiro atoms. The van der Waals surface area contributed by atoms with Gasteiger partial charge in [0.2, 0.25) is 0 Å². The van der Waals surface area contributed by atoms with Gasteiger partial charge in [-0.2, -0.15) is 0 Å². The van der Waals surface area contributed by atoms with Gasteiger partial charge in [-0.3, -0.25) is 0 Å². The van der Waals surface area contributed by atoms with Crippen LogP contribution in [0, 0.1) is 5.92 Å². The van der Waals surface area contributed by atoms with Gasteiger partial charge in [0.15, 0.2) is 0 Å². The SMILES string of the molecule is C.C.CC(C)C[Si](C)(C)C. The molecule has 0 bridgehead atoms. The number of hydrogen-bond donors (Lipinski definition) is 0. The second-order valence-corrected chi connectivity index (χ2v) is 9.69. The fourth-order valence-corrected chi connectivity index (χ4v) is 3.67. The van der Waals surface area contributed by atoms with E-state index >= 15 is 0 Å². The third kappa shape index (κ3) is 15.7. The van der Waals surface area contributed by atoms with Crippen LogP contribution in [0.3, 0.4) is 0 Å². The van der Waals surface area contributed by atoms with E-state index in [-0.39, 0.29) is 14.9 Å². The minimum Gasteiger partial charge on any atom is -0.0776 e. The van der Waals surface area contributed by atoms with Crippen molar-refractivity contribution in [2.75, 3.05) is 0 Å². The molecule has 0 nitrogen and oxygen atoms in total. The van der Waals surface area contributed by atoms with Crippen LogP contribution in [0.25, 0.3) is 0 Å². The van der Waals surface area contributed by atoms with Crippen molar-refractivity contribution in [1.29, 1.82) is 0 Å². The zero-order valence-electron chi connectivity index (χ0n) is 6.78. The quantitative estimate of drug-likeness (QED) is 0.532. The van der Waals surface area contributed by atoms with E-state index in [1.165, 1.54) is 6.04 Å². The molecule has 0 aromatic rings. The topological polar surface area (TPSA) is 0 Å². The van der Waals surface area contributed by atoms with Crippen LogP contribution in [0.5, 0.6) is 0 Å². The molecule has 0 aromatic heterocycles. The van der Waals surface area contributed by atoms with E-state index in [1.54, 1.807) is 0 Å². The Morgan fingerprint density at radius 2 is 1.30 bits per heavy atom. The maximum Gasteiger partial charge on any atom is 0.0445 e. The van der Waals surface area contributed by atoms with E-state index < -0.39 is 8.07 Å². The summed E-state index contributed by atoms with van der Waals surface area (Å²) in [6.07, 6.45) is 0. The summed E-state index contributed by atoms with van der Waals surface area (Å²) in [6.45, 7) is 11.9. The highest BCUT2D eigenvalue weighted by Gasteiger charge is 2.13. The summed E-state index contributed by atoms with van der Waals surface area (Å²) < 4.78 is 0. The summed E-state index contributed by atoms with van der Waals surface area (Å²) in [4.78, 5) is 0. The molecule has 0 saturated carbocycles. The van der Waals surface area contributed by atoms with Crippen molar-refractivity contribution in [2.45, 2.75) is 54.4 Å². The van der Waals surface area contributed by atoms with Crippen LogP contribution in [-0.4, -0.2) is 8.07 Å². The van der Waals surface area contributed by atoms with Crippen molar-refractivity contribution < 1.29 is 0 Å². The summed E-state index contributed by atoms with van der Waals surface area (Å²) in [5.41, 5.74) is 0. The smallest absolute Gasteiger partial charge is 0.0445 e. The van der Waals surface area contributed by atoms with E-state index in [9.17, 15) is 0 Å². The van der Waals surface area contributed by atoms with Crippen LogP contribution in [0.2, 0.25) is 25.7 Å². The molecule has 0 aliphatic carbocycles. The molecule has 0 aromatic carbocycles. The molecular weight excluding hydrogens is 136 g/mol. The molecule has 0 fully saturated rings. The fourth-order valence-electron chi connectivity index (χ4n) is 1.22.